The lowest BCUT2D eigenvalue weighted by atomic mass is 9.89. The van der Waals surface area contributed by atoms with Gasteiger partial charge in [0.25, 0.3) is 0 Å². The van der Waals surface area contributed by atoms with Gasteiger partial charge in [0.05, 0.1) is 0 Å². The summed E-state index contributed by atoms with van der Waals surface area (Å²) in [5, 5.41) is 0. The van der Waals surface area contributed by atoms with Crippen molar-refractivity contribution in [2.24, 2.45) is 5.92 Å². The Morgan fingerprint density at radius 2 is 1.93 bits per heavy atom. The molecule has 0 spiro atoms. The van der Waals surface area contributed by atoms with E-state index in [4.69, 9.17) is 0 Å². The van der Waals surface area contributed by atoms with Crippen molar-refractivity contribution in [2.75, 3.05) is 13.1 Å². The van der Waals surface area contributed by atoms with E-state index < -0.39 is 11.8 Å². The number of carbonyl (C=O) groups excluding carboxylic acids is 1. The molecule has 1 atom stereocenters. The fourth-order valence-electron chi connectivity index (χ4n) is 2.00. The molecule has 1 aliphatic rings. The van der Waals surface area contributed by atoms with Crippen LogP contribution in [0, 0.1) is 5.92 Å². The Hall–Kier alpha value is -0.510. The number of piperidine rings is 1. The van der Waals surface area contributed by atoms with Crippen molar-refractivity contribution in [3.8, 4) is 0 Å². The number of aldehydes is 1. The molecular formula is C11H19F2NO. The quantitative estimate of drug-likeness (QED) is 0.664. The van der Waals surface area contributed by atoms with E-state index in [1.165, 1.54) is 0 Å². The average molecular weight is 219 g/mol. The van der Waals surface area contributed by atoms with Crippen molar-refractivity contribution in [3.63, 3.8) is 0 Å². The van der Waals surface area contributed by atoms with Crippen LogP contribution in [-0.2, 0) is 4.79 Å². The number of alkyl halides is 2. The molecule has 0 radical (unpaired) electrons. The summed E-state index contributed by atoms with van der Waals surface area (Å²) < 4.78 is 26.4. The maximum Gasteiger partial charge on any atom is 0.306 e. The number of likely N-dealkylation sites (tertiary alicyclic amines) is 1. The Labute approximate surface area is 89.6 Å². The number of carbonyl (C=O) groups is 1. The van der Waals surface area contributed by atoms with Crippen LogP contribution in [0.1, 0.15) is 33.6 Å². The highest BCUT2D eigenvalue weighted by Crippen LogP contribution is 2.32. The molecule has 1 saturated heterocycles. The van der Waals surface area contributed by atoms with Crippen molar-refractivity contribution in [1.82, 2.24) is 4.90 Å². The largest absolute Gasteiger partial charge is 0.306 e. The van der Waals surface area contributed by atoms with E-state index in [1.54, 1.807) is 0 Å². The summed E-state index contributed by atoms with van der Waals surface area (Å²) in [5.41, 5.74) is -0.0996. The standard InChI is InChI=1S/C11H19F2NO/c1-10(2,3)14-6-4-5-9(7-14)11(12,13)8-15/h8-9H,4-7H2,1-3H3. The number of hydrogen-bond acceptors (Lipinski definition) is 2. The van der Waals surface area contributed by atoms with Crippen LogP contribution in [0.3, 0.4) is 0 Å². The van der Waals surface area contributed by atoms with Crippen LogP contribution in [0.15, 0.2) is 0 Å². The Bertz CT molecular complexity index is 235. The van der Waals surface area contributed by atoms with Gasteiger partial charge in [-0.15, -0.1) is 0 Å². The Morgan fingerprint density at radius 1 is 1.33 bits per heavy atom. The van der Waals surface area contributed by atoms with Crippen molar-refractivity contribution in [3.05, 3.63) is 0 Å². The van der Waals surface area contributed by atoms with E-state index >= 15 is 0 Å². The van der Waals surface area contributed by atoms with Gasteiger partial charge in [-0.25, -0.2) is 0 Å². The van der Waals surface area contributed by atoms with Crippen molar-refractivity contribution >= 4 is 6.29 Å². The summed E-state index contributed by atoms with van der Waals surface area (Å²) in [6.07, 6.45) is 0.980. The van der Waals surface area contributed by atoms with Gasteiger partial charge < -0.3 is 0 Å². The number of halogens is 2. The molecule has 1 aliphatic heterocycles. The van der Waals surface area contributed by atoms with Gasteiger partial charge in [-0.3, -0.25) is 9.69 Å². The van der Waals surface area contributed by atoms with Crippen LogP contribution in [0.25, 0.3) is 0 Å². The molecule has 15 heavy (non-hydrogen) atoms. The van der Waals surface area contributed by atoms with Crippen molar-refractivity contribution < 1.29 is 13.6 Å². The molecule has 1 unspecified atom stereocenters. The second kappa shape index (κ2) is 4.16. The molecular weight excluding hydrogens is 200 g/mol. The first-order valence-electron chi connectivity index (χ1n) is 5.36. The molecule has 1 fully saturated rings. The highest BCUT2D eigenvalue weighted by atomic mass is 19.3. The third kappa shape index (κ3) is 2.97. The number of hydrogen-bond donors (Lipinski definition) is 0. The molecule has 0 saturated carbocycles. The van der Waals surface area contributed by atoms with Crippen LogP contribution in [0.4, 0.5) is 8.78 Å². The number of nitrogens with zero attached hydrogens (tertiary/aromatic N) is 1. The molecule has 88 valence electrons. The first-order chi connectivity index (χ1) is 6.77. The molecule has 0 aromatic carbocycles. The number of rotatable bonds is 2. The van der Waals surface area contributed by atoms with E-state index in [-0.39, 0.29) is 11.8 Å². The van der Waals surface area contributed by atoms with Crippen LogP contribution in [0.2, 0.25) is 0 Å². The minimum Gasteiger partial charge on any atom is -0.298 e. The lowest BCUT2D eigenvalue weighted by molar-refractivity contribution is -0.142. The predicted molar refractivity (Wildman–Crippen MR) is 55.1 cm³/mol. The zero-order chi connectivity index (χ0) is 11.7. The summed E-state index contributed by atoms with van der Waals surface area (Å²) in [6.45, 7) is 7.18. The Morgan fingerprint density at radius 3 is 2.40 bits per heavy atom. The van der Waals surface area contributed by atoms with E-state index in [0.29, 0.717) is 13.0 Å². The minimum atomic E-state index is -3.16. The van der Waals surface area contributed by atoms with Crippen LogP contribution >= 0.6 is 0 Å². The van der Waals surface area contributed by atoms with Crippen LogP contribution in [-0.4, -0.2) is 35.7 Å². The van der Waals surface area contributed by atoms with Gasteiger partial charge in [0, 0.05) is 18.0 Å². The summed E-state index contributed by atoms with van der Waals surface area (Å²) in [5.74, 6) is -3.98. The van der Waals surface area contributed by atoms with Gasteiger partial charge >= 0.3 is 5.92 Å². The topological polar surface area (TPSA) is 20.3 Å². The van der Waals surface area contributed by atoms with Gasteiger partial charge in [-0.2, -0.15) is 8.78 Å². The molecule has 1 rings (SSSR count). The zero-order valence-corrected chi connectivity index (χ0v) is 9.59. The molecule has 2 nitrogen and oxygen atoms in total. The average Bonchev–Trinajstić information content (AvgIpc) is 2.17. The van der Waals surface area contributed by atoms with E-state index in [0.717, 1.165) is 13.0 Å². The fourth-order valence-corrected chi connectivity index (χ4v) is 2.00. The second-order valence-electron chi connectivity index (χ2n) is 5.25. The molecule has 4 heteroatoms. The van der Waals surface area contributed by atoms with E-state index in [9.17, 15) is 13.6 Å². The summed E-state index contributed by atoms with van der Waals surface area (Å²) in [6, 6.07) is 0. The monoisotopic (exact) mass is 219 g/mol. The highest BCUT2D eigenvalue weighted by Gasteiger charge is 2.43. The smallest absolute Gasteiger partial charge is 0.298 e. The van der Waals surface area contributed by atoms with Crippen LogP contribution < -0.4 is 0 Å². The molecule has 1 heterocycles. The molecule has 0 N–H and O–H groups in total. The zero-order valence-electron chi connectivity index (χ0n) is 9.59. The first-order valence-corrected chi connectivity index (χ1v) is 5.36. The van der Waals surface area contributed by atoms with E-state index in [1.807, 2.05) is 25.7 Å². The second-order valence-corrected chi connectivity index (χ2v) is 5.25. The minimum absolute atomic E-state index is 0.0996. The lowest BCUT2D eigenvalue weighted by Gasteiger charge is -2.42. The third-order valence-corrected chi connectivity index (χ3v) is 3.07. The summed E-state index contributed by atoms with van der Waals surface area (Å²) in [4.78, 5) is 12.3. The van der Waals surface area contributed by atoms with E-state index in [2.05, 4.69) is 0 Å². The Kier molecular flexibility index (Phi) is 3.48. The summed E-state index contributed by atoms with van der Waals surface area (Å²) >= 11 is 0. The SMILES string of the molecule is CC(C)(C)N1CCCC(C(F)(F)C=O)C1. The predicted octanol–water partition coefficient (Wildman–Crippen LogP) is 2.33. The fraction of sp³-hybridized carbons (Fsp3) is 0.909. The third-order valence-electron chi connectivity index (χ3n) is 3.07. The molecule has 0 amide bonds. The Balaban J connectivity index is 2.68. The molecule has 0 aromatic rings. The van der Waals surface area contributed by atoms with Gasteiger partial charge in [-0.1, -0.05) is 0 Å². The van der Waals surface area contributed by atoms with Crippen molar-refractivity contribution in [1.29, 1.82) is 0 Å². The molecule has 0 bridgehead atoms. The van der Waals surface area contributed by atoms with Gasteiger partial charge in [0.2, 0.25) is 0 Å². The maximum atomic E-state index is 13.2. The first kappa shape index (κ1) is 12.6. The summed E-state index contributed by atoms with van der Waals surface area (Å²) in [7, 11) is 0. The lowest BCUT2D eigenvalue weighted by Crippen LogP contribution is -2.51. The van der Waals surface area contributed by atoms with Gasteiger partial charge in [0.15, 0.2) is 6.29 Å². The molecule has 0 aliphatic carbocycles. The maximum absolute atomic E-state index is 13.2. The normalized spacial score (nSPS) is 25.3. The van der Waals surface area contributed by atoms with Gasteiger partial charge in [0.1, 0.15) is 0 Å². The highest BCUT2D eigenvalue weighted by molar-refractivity contribution is 5.60. The van der Waals surface area contributed by atoms with Crippen LogP contribution in [0.5, 0.6) is 0 Å². The van der Waals surface area contributed by atoms with Gasteiger partial charge in [-0.05, 0) is 40.2 Å². The van der Waals surface area contributed by atoms with Crippen molar-refractivity contribution in [2.45, 2.75) is 45.1 Å². The molecule has 0 aromatic heterocycles.